The van der Waals surface area contributed by atoms with Crippen LogP contribution in [0.3, 0.4) is 0 Å². The van der Waals surface area contributed by atoms with E-state index in [0.717, 1.165) is 48.8 Å². The maximum atomic E-state index is 14.5. The molecule has 15 heteroatoms. The van der Waals surface area contributed by atoms with Crippen LogP contribution in [0.15, 0.2) is 36.4 Å². The molecule has 298 valence electrons. The quantitative estimate of drug-likeness (QED) is 0.374. The number of benzene rings is 1. The summed E-state index contributed by atoms with van der Waals surface area (Å²) in [6.07, 6.45) is 12.5. The van der Waals surface area contributed by atoms with Crippen molar-refractivity contribution in [3.8, 4) is 0 Å². The van der Waals surface area contributed by atoms with Crippen molar-refractivity contribution >= 4 is 46.0 Å². The number of carbonyl (C=O) groups excluding carboxylic acids is 5. The smallest absolute Gasteiger partial charge is 0.410 e. The van der Waals surface area contributed by atoms with Gasteiger partial charge in [-0.1, -0.05) is 69.2 Å². The highest BCUT2D eigenvalue weighted by Gasteiger charge is 2.62. The molecule has 7 rings (SSSR count). The molecule has 2 aliphatic carbocycles. The molecule has 3 N–H and O–H groups in total. The Bertz CT molecular complexity index is 1870. The molecule has 0 spiro atoms. The number of sulfonamides is 1. The molecule has 4 heterocycles. The van der Waals surface area contributed by atoms with Gasteiger partial charge in [-0.25, -0.2) is 18.0 Å². The van der Waals surface area contributed by atoms with Gasteiger partial charge in [-0.05, 0) is 79.9 Å². The van der Waals surface area contributed by atoms with Gasteiger partial charge in [-0.3, -0.25) is 24.0 Å². The molecular weight excluding hydrogens is 727 g/mol. The maximum Gasteiger partial charge on any atom is 0.410 e. The number of cyclic esters (lactones) is 1. The predicted molar refractivity (Wildman–Crippen MR) is 202 cm³/mol. The lowest BCUT2D eigenvalue weighted by atomic mass is 9.88. The second-order valence-corrected chi connectivity index (χ2v) is 18.8. The highest BCUT2D eigenvalue weighted by Crippen LogP contribution is 2.46. The van der Waals surface area contributed by atoms with Crippen LogP contribution in [-0.4, -0.2) is 90.3 Å². The lowest BCUT2D eigenvalue weighted by molar-refractivity contribution is -0.141. The van der Waals surface area contributed by atoms with Crippen LogP contribution in [0.4, 0.5) is 9.59 Å². The summed E-state index contributed by atoms with van der Waals surface area (Å²) >= 11 is 0. The minimum atomic E-state index is -3.90. The Kier molecular flexibility index (Phi) is 11.0. The minimum absolute atomic E-state index is 0.0535. The fourth-order valence-corrected chi connectivity index (χ4v) is 9.59. The Morgan fingerprint density at radius 3 is 2.58 bits per heavy atom. The summed E-state index contributed by atoms with van der Waals surface area (Å²) in [5.74, 6) is -2.45. The van der Waals surface area contributed by atoms with E-state index in [1.165, 1.54) is 4.90 Å². The zero-order chi connectivity index (χ0) is 39.0. The van der Waals surface area contributed by atoms with Crippen LogP contribution in [0.1, 0.15) is 108 Å². The first-order valence-electron chi connectivity index (χ1n) is 19.8. The number of carbonyl (C=O) groups is 5. The SMILES string of the molecule is CC1(C)CCC/C=C\c2cccc3c2CN(C3)C(=O)OC2CC3C(=O)NC4(C(=O)NS(=O)(=O)C5CC5)CC4/C=C\CCCCCC(NC(=O)OC1)C(=O)N3C2. The van der Waals surface area contributed by atoms with Crippen LogP contribution in [-0.2, 0) is 47.0 Å². The van der Waals surface area contributed by atoms with E-state index in [9.17, 15) is 32.4 Å². The summed E-state index contributed by atoms with van der Waals surface area (Å²) in [5.41, 5.74) is 1.24. The molecule has 5 amide bonds. The monoisotopic (exact) mass is 779 g/mol. The van der Waals surface area contributed by atoms with Gasteiger partial charge >= 0.3 is 12.2 Å². The molecule has 4 aliphatic heterocycles. The molecular formula is C40H53N5O9S. The van der Waals surface area contributed by atoms with Gasteiger partial charge < -0.3 is 25.0 Å². The number of ether oxygens (including phenoxy) is 2. The summed E-state index contributed by atoms with van der Waals surface area (Å²) in [6.45, 7) is 4.80. The van der Waals surface area contributed by atoms with Crippen molar-refractivity contribution in [3.05, 3.63) is 53.1 Å². The molecule has 5 bridgehead atoms. The number of nitrogens with one attached hydrogen (secondary N) is 3. The number of rotatable bonds is 3. The molecule has 1 aromatic rings. The van der Waals surface area contributed by atoms with E-state index in [4.69, 9.17) is 9.47 Å². The second-order valence-electron chi connectivity index (χ2n) is 16.8. The van der Waals surface area contributed by atoms with Gasteiger partial charge in [-0.15, -0.1) is 0 Å². The van der Waals surface area contributed by atoms with Crippen molar-refractivity contribution in [1.82, 2.24) is 25.2 Å². The highest BCUT2D eigenvalue weighted by atomic mass is 32.2. The molecule has 5 atom stereocenters. The zero-order valence-corrected chi connectivity index (χ0v) is 32.5. The van der Waals surface area contributed by atoms with E-state index in [-0.39, 0.29) is 31.4 Å². The largest absolute Gasteiger partial charge is 0.449 e. The fraction of sp³-hybridized carbons (Fsp3) is 0.625. The minimum Gasteiger partial charge on any atom is -0.449 e. The maximum absolute atomic E-state index is 14.5. The van der Waals surface area contributed by atoms with Crippen molar-refractivity contribution in [1.29, 1.82) is 0 Å². The van der Waals surface area contributed by atoms with E-state index in [0.29, 0.717) is 45.2 Å². The van der Waals surface area contributed by atoms with Crippen molar-refractivity contribution < 1.29 is 41.9 Å². The molecule has 5 unspecified atom stereocenters. The molecule has 1 aromatic carbocycles. The van der Waals surface area contributed by atoms with E-state index in [1.807, 2.05) is 44.2 Å². The standard InChI is InChI=1S/C40H53N5O9S/c1-39(2)19-10-6-7-12-26-13-11-14-27-22-44(24-31(26)27)38(50)54-29-20-33-34(46)42-40(36(48)43-55(51,52)30-17-18-30)21-28(40)15-8-4-3-5-9-16-32(35(47)45(33)23-29)41-37(49)53-25-39/h7-8,11-15,28-30,32-33H,3-6,9-10,16-25H2,1-2H3,(H,41,49)(H,42,46)(H,43,48)/b12-7-,15-8-. The number of alkyl carbamates (subject to hydrolysis) is 1. The number of hydrogen-bond donors (Lipinski definition) is 3. The first kappa shape index (κ1) is 38.9. The van der Waals surface area contributed by atoms with Gasteiger partial charge in [0, 0.05) is 18.9 Å². The van der Waals surface area contributed by atoms with E-state index >= 15 is 0 Å². The van der Waals surface area contributed by atoms with Crippen LogP contribution in [0.25, 0.3) is 6.08 Å². The van der Waals surface area contributed by atoms with Gasteiger partial charge in [0.1, 0.15) is 23.7 Å². The number of fused-ring (bicyclic) bond motifs is 4. The van der Waals surface area contributed by atoms with Gasteiger partial charge in [0.25, 0.3) is 5.91 Å². The van der Waals surface area contributed by atoms with Crippen LogP contribution in [0.5, 0.6) is 0 Å². The lowest BCUT2D eigenvalue weighted by Crippen LogP contribution is -2.58. The number of allylic oxidation sites excluding steroid dienone is 2. The molecule has 0 aromatic heterocycles. The summed E-state index contributed by atoms with van der Waals surface area (Å²) in [5, 5.41) is 4.98. The summed E-state index contributed by atoms with van der Waals surface area (Å²) in [4.78, 5) is 72.4. The zero-order valence-electron chi connectivity index (χ0n) is 31.7. The Morgan fingerprint density at radius 2 is 1.78 bits per heavy atom. The van der Waals surface area contributed by atoms with Crippen molar-refractivity contribution in [2.75, 3.05) is 13.2 Å². The number of hydrogen-bond acceptors (Lipinski definition) is 9. The third-order valence-corrected chi connectivity index (χ3v) is 13.6. The van der Waals surface area contributed by atoms with Gasteiger partial charge in [0.2, 0.25) is 21.8 Å². The van der Waals surface area contributed by atoms with E-state index in [2.05, 4.69) is 27.5 Å². The fourth-order valence-electron chi connectivity index (χ4n) is 8.22. The van der Waals surface area contributed by atoms with Gasteiger partial charge in [-0.2, -0.15) is 0 Å². The van der Waals surface area contributed by atoms with Gasteiger partial charge in [0.05, 0.1) is 24.9 Å². The lowest BCUT2D eigenvalue weighted by Gasteiger charge is -2.30. The van der Waals surface area contributed by atoms with E-state index in [1.54, 1.807) is 4.90 Å². The first-order valence-corrected chi connectivity index (χ1v) is 21.3. The third-order valence-electron chi connectivity index (χ3n) is 11.8. The van der Waals surface area contributed by atoms with Crippen molar-refractivity contribution in [2.45, 2.75) is 133 Å². The number of nitrogens with zero attached hydrogens (tertiary/aromatic N) is 2. The van der Waals surface area contributed by atoms with Crippen LogP contribution in [0.2, 0.25) is 0 Å². The van der Waals surface area contributed by atoms with Crippen molar-refractivity contribution in [3.63, 3.8) is 0 Å². The molecule has 6 aliphatic rings. The summed E-state index contributed by atoms with van der Waals surface area (Å²) in [6, 6.07) is 3.78. The third kappa shape index (κ3) is 8.86. The Hall–Kier alpha value is -4.40. The average molecular weight is 780 g/mol. The Labute approximate surface area is 322 Å². The Morgan fingerprint density at radius 1 is 0.982 bits per heavy atom. The molecule has 55 heavy (non-hydrogen) atoms. The van der Waals surface area contributed by atoms with Crippen LogP contribution in [0, 0.1) is 11.3 Å². The predicted octanol–water partition coefficient (Wildman–Crippen LogP) is 4.43. The molecule has 1 saturated heterocycles. The highest BCUT2D eigenvalue weighted by molar-refractivity contribution is 7.91. The molecule has 14 nitrogen and oxygen atoms in total. The molecule has 3 fully saturated rings. The molecule has 2 saturated carbocycles. The first-order chi connectivity index (χ1) is 26.2. The van der Waals surface area contributed by atoms with Crippen LogP contribution < -0.4 is 15.4 Å². The average Bonchev–Trinajstić information content (AvgIpc) is 4.02. The normalized spacial score (nSPS) is 31.6. The van der Waals surface area contributed by atoms with Gasteiger partial charge in [0.15, 0.2) is 0 Å². The van der Waals surface area contributed by atoms with Crippen LogP contribution >= 0.6 is 0 Å². The van der Waals surface area contributed by atoms with E-state index < -0.39 is 74.8 Å². The molecule has 0 radical (unpaired) electrons. The van der Waals surface area contributed by atoms with Crippen molar-refractivity contribution in [2.24, 2.45) is 11.3 Å². The summed E-state index contributed by atoms with van der Waals surface area (Å²) in [7, 11) is -3.90. The number of amides is 5. The topological polar surface area (TPSA) is 181 Å². The second kappa shape index (κ2) is 15.6. The summed E-state index contributed by atoms with van der Waals surface area (Å²) < 4.78 is 39.5. The Balaban J connectivity index is 1.18.